The van der Waals surface area contributed by atoms with Crippen molar-refractivity contribution < 1.29 is 0 Å². The van der Waals surface area contributed by atoms with E-state index in [0.717, 1.165) is 10.6 Å². The number of halogens is 1. The van der Waals surface area contributed by atoms with E-state index in [1.807, 2.05) is 31.2 Å². The first-order chi connectivity index (χ1) is 7.65. The molecule has 0 unspecified atom stereocenters. The number of aliphatic imine (C=N–C) groups is 1. The molecule has 2 rings (SSSR count). The lowest BCUT2D eigenvalue weighted by Gasteiger charge is -1.94. The molecule has 1 heterocycles. The monoisotopic (exact) mass is 269 g/mol. The minimum atomic E-state index is -0.00777. The minimum Gasteiger partial charge on any atom is -0.370 e. The highest BCUT2D eigenvalue weighted by Crippen LogP contribution is 2.27. The third-order valence-electron chi connectivity index (χ3n) is 1.94. The summed E-state index contributed by atoms with van der Waals surface area (Å²) in [4.78, 5) is 3.84. The fourth-order valence-corrected chi connectivity index (χ4v) is 1.93. The number of nitrogens with zero attached hydrogens (tertiary/aromatic N) is 3. The van der Waals surface area contributed by atoms with Crippen LogP contribution >= 0.6 is 23.7 Å². The molecule has 0 amide bonds. The molecule has 0 aliphatic heterocycles. The van der Waals surface area contributed by atoms with Gasteiger partial charge in [-0.15, -0.1) is 22.6 Å². The topological polar surface area (TPSA) is 90.2 Å². The van der Waals surface area contributed by atoms with Crippen molar-refractivity contribution in [1.82, 2.24) is 10.2 Å². The van der Waals surface area contributed by atoms with E-state index in [-0.39, 0.29) is 18.4 Å². The zero-order chi connectivity index (χ0) is 11.5. The summed E-state index contributed by atoms with van der Waals surface area (Å²) in [5.41, 5.74) is 12.7. The number of rotatable bonds is 2. The van der Waals surface area contributed by atoms with Gasteiger partial charge < -0.3 is 11.5 Å². The molecular weight excluding hydrogens is 258 g/mol. The minimum absolute atomic E-state index is 0. The van der Waals surface area contributed by atoms with Crippen molar-refractivity contribution in [1.29, 1.82) is 0 Å². The third kappa shape index (κ3) is 3.40. The van der Waals surface area contributed by atoms with Crippen LogP contribution in [0.4, 0.5) is 5.13 Å². The summed E-state index contributed by atoms with van der Waals surface area (Å²) in [6, 6.07) is 8.04. The normalized spacial score (nSPS) is 9.47. The molecule has 0 aliphatic carbocycles. The molecule has 0 saturated carbocycles. The van der Waals surface area contributed by atoms with Crippen LogP contribution in [0.5, 0.6) is 0 Å². The van der Waals surface area contributed by atoms with Crippen LogP contribution in [0.15, 0.2) is 29.3 Å². The second-order valence-corrected chi connectivity index (χ2v) is 4.25. The molecular formula is C10H12ClN5S. The van der Waals surface area contributed by atoms with Gasteiger partial charge in [0.15, 0.2) is 5.96 Å². The first-order valence-electron chi connectivity index (χ1n) is 4.65. The molecule has 1 aromatic heterocycles. The second kappa shape index (κ2) is 5.60. The molecule has 0 aliphatic rings. The lowest BCUT2D eigenvalue weighted by Crippen LogP contribution is -2.21. The largest absolute Gasteiger partial charge is 0.370 e. The Hall–Kier alpha value is -1.66. The summed E-state index contributed by atoms with van der Waals surface area (Å²) in [7, 11) is 0. The van der Waals surface area contributed by atoms with Gasteiger partial charge in [-0.25, -0.2) is 0 Å². The van der Waals surface area contributed by atoms with E-state index < -0.39 is 0 Å². The Balaban J connectivity index is 0.00000144. The number of guanidine groups is 1. The zero-order valence-electron chi connectivity index (χ0n) is 9.12. The van der Waals surface area contributed by atoms with E-state index in [2.05, 4.69) is 15.2 Å². The Morgan fingerprint density at radius 1 is 1.18 bits per heavy atom. The summed E-state index contributed by atoms with van der Waals surface area (Å²) in [5.74, 6) is -0.00777. The highest BCUT2D eigenvalue weighted by atomic mass is 35.5. The summed E-state index contributed by atoms with van der Waals surface area (Å²) >= 11 is 1.35. The maximum Gasteiger partial charge on any atom is 0.235 e. The standard InChI is InChI=1S/C10H11N5S.ClH/c1-6-2-4-7(5-3-6)8-14-15-10(16-8)13-9(11)12;/h2-5H,1H3,(H4,11,12,13,15);1H. The molecule has 0 bridgehead atoms. The van der Waals surface area contributed by atoms with Crippen LogP contribution < -0.4 is 11.5 Å². The molecule has 0 saturated heterocycles. The Morgan fingerprint density at radius 3 is 2.41 bits per heavy atom. The maximum atomic E-state index is 5.26. The van der Waals surface area contributed by atoms with Gasteiger partial charge in [-0.2, -0.15) is 4.99 Å². The lowest BCUT2D eigenvalue weighted by atomic mass is 10.2. The zero-order valence-corrected chi connectivity index (χ0v) is 10.8. The first-order valence-corrected chi connectivity index (χ1v) is 5.47. The van der Waals surface area contributed by atoms with Crippen LogP contribution in [0.25, 0.3) is 10.6 Å². The van der Waals surface area contributed by atoms with Gasteiger partial charge in [-0.1, -0.05) is 41.2 Å². The van der Waals surface area contributed by atoms with Gasteiger partial charge in [0.25, 0.3) is 0 Å². The van der Waals surface area contributed by atoms with E-state index in [4.69, 9.17) is 11.5 Å². The number of nitrogens with two attached hydrogens (primary N) is 2. The van der Waals surface area contributed by atoms with Gasteiger partial charge in [0.1, 0.15) is 5.01 Å². The highest BCUT2D eigenvalue weighted by Gasteiger charge is 2.05. The van der Waals surface area contributed by atoms with Crippen LogP contribution in [0.3, 0.4) is 0 Å². The van der Waals surface area contributed by atoms with Crippen LogP contribution in [0.2, 0.25) is 0 Å². The SMILES string of the molecule is Cc1ccc(-c2nnc(N=C(N)N)s2)cc1.Cl. The Morgan fingerprint density at radius 2 is 1.82 bits per heavy atom. The van der Waals surface area contributed by atoms with Gasteiger partial charge in [0.2, 0.25) is 5.13 Å². The molecule has 7 heteroatoms. The molecule has 1 aromatic carbocycles. The molecule has 4 N–H and O–H groups in total. The van der Waals surface area contributed by atoms with E-state index >= 15 is 0 Å². The van der Waals surface area contributed by atoms with Crippen molar-refractivity contribution in [3.63, 3.8) is 0 Å². The van der Waals surface area contributed by atoms with E-state index in [9.17, 15) is 0 Å². The van der Waals surface area contributed by atoms with Crippen LogP contribution in [-0.2, 0) is 0 Å². The molecule has 0 atom stereocenters. The van der Waals surface area contributed by atoms with Crippen molar-refractivity contribution in [3.05, 3.63) is 29.8 Å². The van der Waals surface area contributed by atoms with Crippen LogP contribution in [0, 0.1) is 6.92 Å². The van der Waals surface area contributed by atoms with Crippen LogP contribution in [0.1, 0.15) is 5.56 Å². The number of aromatic nitrogens is 2. The maximum absolute atomic E-state index is 5.26. The highest BCUT2D eigenvalue weighted by molar-refractivity contribution is 7.18. The Bertz CT molecular complexity index is 516. The quantitative estimate of drug-likeness (QED) is 0.643. The van der Waals surface area contributed by atoms with Crippen molar-refractivity contribution >= 4 is 34.8 Å². The molecule has 2 aromatic rings. The number of hydrogen-bond donors (Lipinski definition) is 2. The van der Waals surface area contributed by atoms with Crippen LogP contribution in [-0.4, -0.2) is 16.2 Å². The first kappa shape index (κ1) is 13.4. The molecule has 0 spiro atoms. The smallest absolute Gasteiger partial charge is 0.235 e. The summed E-state index contributed by atoms with van der Waals surface area (Å²) in [6.07, 6.45) is 0. The number of benzene rings is 1. The summed E-state index contributed by atoms with van der Waals surface area (Å²) in [6.45, 7) is 2.04. The molecule has 90 valence electrons. The number of aryl methyl sites for hydroxylation is 1. The van der Waals surface area contributed by atoms with Gasteiger partial charge in [-0.05, 0) is 6.92 Å². The predicted molar refractivity (Wildman–Crippen MR) is 72.8 cm³/mol. The fourth-order valence-electron chi connectivity index (χ4n) is 1.18. The van der Waals surface area contributed by atoms with Gasteiger partial charge in [0, 0.05) is 5.56 Å². The van der Waals surface area contributed by atoms with Gasteiger partial charge >= 0.3 is 0 Å². The van der Waals surface area contributed by atoms with E-state index in [0.29, 0.717) is 5.13 Å². The molecule has 17 heavy (non-hydrogen) atoms. The molecule has 5 nitrogen and oxygen atoms in total. The van der Waals surface area contributed by atoms with E-state index in [1.165, 1.54) is 16.9 Å². The Labute approximate surface area is 109 Å². The van der Waals surface area contributed by atoms with Crippen molar-refractivity contribution in [2.24, 2.45) is 16.5 Å². The average molecular weight is 270 g/mol. The van der Waals surface area contributed by atoms with Gasteiger partial charge in [-0.3, -0.25) is 0 Å². The van der Waals surface area contributed by atoms with Gasteiger partial charge in [0.05, 0.1) is 0 Å². The summed E-state index contributed by atoms with van der Waals surface area (Å²) in [5, 5.41) is 9.17. The van der Waals surface area contributed by atoms with Crippen molar-refractivity contribution in [2.75, 3.05) is 0 Å². The summed E-state index contributed by atoms with van der Waals surface area (Å²) < 4.78 is 0. The molecule has 0 radical (unpaired) electrons. The predicted octanol–water partition coefficient (Wildman–Crippen LogP) is 1.84. The average Bonchev–Trinajstić information content (AvgIpc) is 2.66. The number of hydrogen-bond acceptors (Lipinski definition) is 4. The molecule has 0 fully saturated rings. The van der Waals surface area contributed by atoms with Crippen molar-refractivity contribution in [3.8, 4) is 10.6 Å². The fraction of sp³-hybridized carbons (Fsp3) is 0.100. The third-order valence-corrected chi connectivity index (χ3v) is 2.80. The second-order valence-electron chi connectivity index (χ2n) is 3.29. The van der Waals surface area contributed by atoms with Crippen molar-refractivity contribution in [2.45, 2.75) is 6.92 Å². The van der Waals surface area contributed by atoms with E-state index in [1.54, 1.807) is 0 Å². The lowest BCUT2D eigenvalue weighted by molar-refractivity contribution is 1.08. The Kier molecular flexibility index (Phi) is 4.42.